The second kappa shape index (κ2) is 7.27. The molecule has 0 heterocycles. The molecule has 0 aromatic heterocycles. The van der Waals surface area contributed by atoms with Crippen LogP contribution in [0.4, 0.5) is 10.1 Å². The zero-order valence-corrected chi connectivity index (χ0v) is 12.8. The van der Waals surface area contributed by atoms with Crippen LogP contribution in [0.2, 0.25) is 0 Å². The largest absolute Gasteiger partial charge is 0.398 e. The summed E-state index contributed by atoms with van der Waals surface area (Å²) < 4.78 is 13.6. The number of halogens is 1. The van der Waals surface area contributed by atoms with Gasteiger partial charge in [0.1, 0.15) is 5.82 Å². The van der Waals surface area contributed by atoms with Crippen molar-refractivity contribution >= 4 is 11.6 Å². The van der Waals surface area contributed by atoms with Crippen LogP contribution in [-0.4, -0.2) is 11.9 Å². The van der Waals surface area contributed by atoms with E-state index in [1.54, 1.807) is 6.92 Å². The van der Waals surface area contributed by atoms with Gasteiger partial charge in [-0.1, -0.05) is 26.7 Å². The Morgan fingerprint density at radius 3 is 2.50 bits per heavy atom. The smallest absolute Gasteiger partial charge is 0.251 e. The number of carbonyl (C=O) groups excluding carboxylic acids is 1. The fourth-order valence-electron chi connectivity index (χ4n) is 2.04. The van der Waals surface area contributed by atoms with Crippen LogP contribution >= 0.6 is 0 Å². The van der Waals surface area contributed by atoms with Crippen LogP contribution in [0.5, 0.6) is 0 Å². The highest BCUT2D eigenvalue weighted by atomic mass is 19.1. The van der Waals surface area contributed by atoms with Crippen molar-refractivity contribution in [2.24, 2.45) is 5.92 Å². The number of nitrogens with two attached hydrogens (primary N) is 1. The number of rotatable bonds is 6. The first kappa shape index (κ1) is 16.5. The molecule has 112 valence electrons. The van der Waals surface area contributed by atoms with E-state index in [1.165, 1.54) is 12.1 Å². The summed E-state index contributed by atoms with van der Waals surface area (Å²) in [6.07, 6.45) is 3.14. The molecule has 3 nitrogen and oxygen atoms in total. The Kier molecular flexibility index (Phi) is 5.99. The minimum Gasteiger partial charge on any atom is -0.398 e. The molecule has 1 aromatic rings. The van der Waals surface area contributed by atoms with Gasteiger partial charge in [0.05, 0.1) is 0 Å². The molecule has 1 aromatic carbocycles. The lowest BCUT2D eigenvalue weighted by atomic mass is 10.0. The standard InChI is InChI=1S/C16H25FN2O/c1-10(2)6-5-7-11(3)19-16(20)13-8-14(17)12(4)15(18)9-13/h8-11H,5-7,18H2,1-4H3,(H,19,20). The summed E-state index contributed by atoms with van der Waals surface area (Å²) in [7, 11) is 0. The number of carbonyl (C=O) groups is 1. The van der Waals surface area contributed by atoms with Gasteiger partial charge in [-0.3, -0.25) is 4.79 Å². The Bertz CT molecular complexity index is 449. The fourth-order valence-corrected chi connectivity index (χ4v) is 2.04. The summed E-state index contributed by atoms with van der Waals surface area (Å²) in [6.45, 7) is 7.93. The van der Waals surface area contributed by atoms with E-state index in [0.29, 0.717) is 17.2 Å². The predicted molar refractivity (Wildman–Crippen MR) is 81.2 cm³/mol. The minimum absolute atomic E-state index is 0.0758. The number of benzene rings is 1. The molecule has 0 aliphatic carbocycles. The van der Waals surface area contributed by atoms with E-state index in [9.17, 15) is 9.18 Å². The number of hydrogen-bond acceptors (Lipinski definition) is 2. The molecule has 20 heavy (non-hydrogen) atoms. The molecule has 1 amide bonds. The first-order valence-electron chi connectivity index (χ1n) is 7.17. The first-order valence-corrected chi connectivity index (χ1v) is 7.17. The van der Waals surface area contributed by atoms with Gasteiger partial charge in [0.2, 0.25) is 0 Å². The normalized spacial score (nSPS) is 12.5. The van der Waals surface area contributed by atoms with Crippen molar-refractivity contribution in [1.82, 2.24) is 5.32 Å². The molecule has 1 atom stereocenters. The fraction of sp³-hybridized carbons (Fsp3) is 0.562. The molecule has 3 N–H and O–H groups in total. The number of hydrogen-bond donors (Lipinski definition) is 2. The molecule has 0 radical (unpaired) electrons. The lowest BCUT2D eigenvalue weighted by molar-refractivity contribution is 0.0937. The van der Waals surface area contributed by atoms with E-state index >= 15 is 0 Å². The van der Waals surface area contributed by atoms with Crippen LogP contribution in [0.3, 0.4) is 0 Å². The third kappa shape index (κ3) is 4.83. The summed E-state index contributed by atoms with van der Waals surface area (Å²) in [4.78, 5) is 12.0. The van der Waals surface area contributed by atoms with Crippen LogP contribution in [0, 0.1) is 18.7 Å². The monoisotopic (exact) mass is 280 g/mol. The van der Waals surface area contributed by atoms with Gasteiger partial charge >= 0.3 is 0 Å². The van der Waals surface area contributed by atoms with E-state index in [0.717, 1.165) is 19.3 Å². The number of amides is 1. The molecule has 0 spiro atoms. The Balaban J connectivity index is 2.58. The van der Waals surface area contributed by atoms with Gasteiger partial charge in [0, 0.05) is 22.9 Å². The van der Waals surface area contributed by atoms with Crippen molar-refractivity contribution in [3.63, 3.8) is 0 Å². The zero-order chi connectivity index (χ0) is 15.3. The molecule has 0 saturated heterocycles. The van der Waals surface area contributed by atoms with Gasteiger partial charge in [0.15, 0.2) is 0 Å². The summed E-state index contributed by atoms with van der Waals surface area (Å²) in [6, 6.07) is 2.84. The second-order valence-corrected chi connectivity index (χ2v) is 5.87. The van der Waals surface area contributed by atoms with Crippen molar-refractivity contribution < 1.29 is 9.18 Å². The molecule has 0 bridgehead atoms. The lowest BCUT2D eigenvalue weighted by Crippen LogP contribution is -2.32. The van der Waals surface area contributed by atoms with E-state index < -0.39 is 5.82 Å². The quantitative estimate of drug-likeness (QED) is 0.781. The predicted octanol–water partition coefficient (Wildman–Crippen LogP) is 3.66. The molecule has 0 aliphatic heterocycles. The Hall–Kier alpha value is -1.58. The SMILES string of the molecule is Cc1c(N)cc(C(=O)NC(C)CCCC(C)C)cc1F. The molecule has 0 aliphatic rings. The average Bonchev–Trinajstić information content (AvgIpc) is 2.34. The van der Waals surface area contributed by atoms with E-state index in [-0.39, 0.29) is 17.5 Å². The van der Waals surface area contributed by atoms with Crippen LogP contribution in [-0.2, 0) is 0 Å². The van der Waals surface area contributed by atoms with Crippen LogP contribution in [0.1, 0.15) is 56.0 Å². The number of nitrogens with one attached hydrogen (secondary N) is 1. The second-order valence-electron chi connectivity index (χ2n) is 5.87. The van der Waals surface area contributed by atoms with Crippen molar-refractivity contribution in [2.75, 3.05) is 5.73 Å². The maximum Gasteiger partial charge on any atom is 0.251 e. The third-order valence-electron chi connectivity index (χ3n) is 3.44. The van der Waals surface area contributed by atoms with Gasteiger partial charge in [-0.15, -0.1) is 0 Å². The molecule has 0 fully saturated rings. The van der Waals surface area contributed by atoms with Crippen molar-refractivity contribution in [3.8, 4) is 0 Å². The first-order chi connectivity index (χ1) is 9.31. The highest BCUT2D eigenvalue weighted by Gasteiger charge is 2.13. The maximum atomic E-state index is 13.6. The Morgan fingerprint density at radius 1 is 1.30 bits per heavy atom. The molecule has 1 unspecified atom stereocenters. The van der Waals surface area contributed by atoms with E-state index in [1.807, 2.05) is 6.92 Å². The lowest BCUT2D eigenvalue weighted by Gasteiger charge is -2.15. The maximum absolute atomic E-state index is 13.6. The Morgan fingerprint density at radius 2 is 1.95 bits per heavy atom. The van der Waals surface area contributed by atoms with E-state index in [2.05, 4.69) is 19.2 Å². The molecular weight excluding hydrogens is 255 g/mol. The number of anilines is 1. The summed E-state index contributed by atoms with van der Waals surface area (Å²) in [5.41, 5.74) is 6.65. The summed E-state index contributed by atoms with van der Waals surface area (Å²) in [5.74, 6) is -0.0425. The highest BCUT2D eigenvalue weighted by molar-refractivity contribution is 5.95. The van der Waals surface area contributed by atoms with Crippen molar-refractivity contribution in [2.45, 2.75) is 53.0 Å². The average molecular weight is 280 g/mol. The zero-order valence-electron chi connectivity index (χ0n) is 12.8. The van der Waals surface area contributed by atoms with Gasteiger partial charge in [-0.2, -0.15) is 0 Å². The Labute approximate surface area is 120 Å². The molecule has 0 saturated carbocycles. The van der Waals surface area contributed by atoms with Crippen LogP contribution in [0.25, 0.3) is 0 Å². The molecule has 4 heteroatoms. The highest BCUT2D eigenvalue weighted by Crippen LogP contribution is 2.18. The van der Waals surface area contributed by atoms with Crippen LogP contribution < -0.4 is 11.1 Å². The summed E-state index contributed by atoms with van der Waals surface area (Å²) >= 11 is 0. The van der Waals surface area contributed by atoms with Crippen molar-refractivity contribution in [3.05, 3.63) is 29.1 Å². The minimum atomic E-state index is -0.442. The van der Waals surface area contributed by atoms with Gasteiger partial charge in [-0.05, 0) is 38.3 Å². The van der Waals surface area contributed by atoms with Gasteiger partial charge in [0.25, 0.3) is 5.91 Å². The number of nitrogen functional groups attached to an aromatic ring is 1. The topological polar surface area (TPSA) is 55.1 Å². The van der Waals surface area contributed by atoms with Crippen LogP contribution in [0.15, 0.2) is 12.1 Å². The van der Waals surface area contributed by atoms with E-state index in [4.69, 9.17) is 5.73 Å². The van der Waals surface area contributed by atoms with Gasteiger partial charge in [-0.25, -0.2) is 4.39 Å². The van der Waals surface area contributed by atoms with Gasteiger partial charge < -0.3 is 11.1 Å². The third-order valence-corrected chi connectivity index (χ3v) is 3.44. The summed E-state index contributed by atoms with van der Waals surface area (Å²) in [5, 5.41) is 2.88. The molecule has 1 rings (SSSR count). The van der Waals surface area contributed by atoms with Crippen molar-refractivity contribution in [1.29, 1.82) is 0 Å². The molecular formula is C16H25FN2O.